The molecule has 0 saturated carbocycles. The summed E-state index contributed by atoms with van der Waals surface area (Å²) in [4.78, 5) is 4.70. The third kappa shape index (κ3) is 1.94. The molecule has 0 radical (unpaired) electrons. The van der Waals surface area contributed by atoms with Crippen molar-refractivity contribution in [3.63, 3.8) is 0 Å². The maximum atomic E-state index is 5.72. The summed E-state index contributed by atoms with van der Waals surface area (Å²) < 4.78 is 13.0. The average Bonchev–Trinajstić information content (AvgIpc) is 3.09. The molecule has 1 aliphatic rings. The van der Waals surface area contributed by atoms with Crippen molar-refractivity contribution in [1.29, 1.82) is 0 Å². The molecule has 2 aromatic carbocycles. The highest BCUT2D eigenvalue weighted by molar-refractivity contribution is 5.82. The minimum absolute atomic E-state index is 0.267. The second-order valence-electron chi connectivity index (χ2n) is 4.93. The molecule has 0 amide bonds. The van der Waals surface area contributed by atoms with Crippen molar-refractivity contribution in [3.8, 4) is 17.2 Å². The summed E-state index contributed by atoms with van der Waals surface area (Å²) in [7, 11) is 0. The SMILES string of the molecule is NCCc1nc2cc3c(cc2n1-c1ccccc1)OCO3. The van der Waals surface area contributed by atoms with Crippen LogP contribution >= 0.6 is 0 Å². The summed E-state index contributed by atoms with van der Waals surface area (Å²) in [5.74, 6) is 2.46. The van der Waals surface area contributed by atoms with Crippen LogP contribution in [0.5, 0.6) is 11.5 Å². The summed E-state index contributed by atoms with van der Waals surface area (Å²) >= 11 is 0. The van der Waals surface area contributed by atoms with Crippen molar-refractivity contribution in [3.05, 3.63) is 48.3 Å². The van der Waals surface area contributed by atoms with Crippen molar-refractivity contribution in [1.82, 2.24) is 9.55 Å². The van der Waals surface area contributed by atoms with E-state index in [2.05, 4.69) is 16.7 Å². The van der Waals surface area contributed by atoms with E-state index in [4.69, 9.17) is 20.2 Å². The molecule has 5 nitrogen and oxygen atoms in total. The molecule has 0 bridgehead atoms. The molecule has 1 aromatic heterocycles. The molecule has 1 aliphatic heterocycles. The molecule has 4 rings (SSSR count). The Balaban J connectivity index is 1.99. The second kappa shape index (κ2) is 4.79. The van der Waals surface area contributed by atoms with Gasteiger partial charge in [-0.05, 0) is 18.7 Å². The van der Waals surface area contributed by atoms with E-state index in [1.54, 1.807) is 0 Å². The largest absolute Gasteiger partial charge is 0.454 e. The van der Waals surface area contributed by atoms with Gasteiger partial charge in [0, 0.05) is 24.2 Å². The van der Waals surface area contributed by atoms with E-state index in [1.165, 1.54) is 0 Å². The minimum Gasteiger partial charge on any atom is -0.454 e. The summed E-state index contributed by atoms with van der Waals surface area (Å²) in [6.07, 6.45) is 0.718. The zero-order valence-electron chi connectivity index (χ0n) is 11.5. The first-order chi connectivity index (χ1) is 10.4. The maximum absolute atomic E-state index is 5.72. The lowest BCUT2D eigenvalue weighted by Crippen LogP contribution is -2.08. The Morgan fingerprint density at radius 2 is 1.86 bits per heavy atom. The molecule has 0 saturated heterocycles. The number of hydrogen-bond donors (Lipinski definition) is 1. The maximum Gasteiger partial charge on any atom is 0.231 e. The number of fused-ring (bicyclic) bond motifs is 2. The van der Waals surface area contributed by atoms with Gasteiger partial charge in [-0.1, -0.05) is 18.2 Å². The van der Waals surface area contributed by atoms with Crippen LogP contribution in [0.15, 0.2) is 42.5 Å². The van der Waals surface area contributed by atoms with Crippen molar-refractivity contribution < 1.29 is 9.47 Å². The van der Waals surface area contributed by atoms with Gasteiger partial charge in [0.25, 0.3) is 0 Å². The van der Waals surface area contributed by atoms with Crippen LogP contribution in [-0.2, 0) is 6.42 Å². The highest BCUT2D eigenvalue weighted by Crippen LogP contribution is 2.37. The van der Waals surface area contributed by atoms with Crippen LogP contribution in [0.3, 0.4) is 0 Å². The van der Waals surface area contributed by atoms with Crippen LogP contribution in [0.2, 0.25) is 0 Å². The summed E-state index contributed by atoms with van der Waals surface area (Å²) in [6, 6.07) is 14.1. The first-order valence-electron chi connectivity index (χ1n) is 6.93. The molecular formula is C16H15N3O2. The zero-order chi connectivity index (χ0) is 14.2. The Labute approximate surface area is 121 Å². The zero-order valence-corrected chi connectivity index (χ0v) is 11.5. The number of rotatable bonds is 3. The first-order valence-corrected chi connectivity index (χ1v) is 6.93. The highest BCUT2D eigenvalue weighted by atomic mass is 16.7. The first kappa shape index (κ1) is 12.2. The van der Waals surface area contributed by atoms with E-state index >= 15 is 0 Å². The van der Waals surface area contributed by atoms with Gasteiger partial charge in [0.05, 0.1) is 11.0 Å². The van der Waals surface area contributed by atoms with Crippen LogP contribution in [0.4, 0.5) is 0 Å². The van der Waals surface area contributed by atoms with Gasteiger partial charge in [-0.15, -0.1) is 0 Å². The fraction of sp³-hybridized carbons (Fsp3) is 0.188. The molecule has 2 N–H and O–H groups in total. The second-order valence-corrected chi connectivity index (χ2v) is 4.93. The van der Waals surface area contributed by atoms with Crippen LogP contribution in [0, 0.1) is 0 Å². The molecule has 0 fully saturated rings. The molecule has 106 valence electrons. The quantitative estimate of drug-likeness (QED) is 0.800. The summed E-state index contributed by atoms with van der Waals surface area (Å²) in [5.41, 5.74) is 8.70. The van der Waals surface area contributed by atoms with E-state index in [9.17, 15) is 0 Å². The lowest BCUT2D eigenvalue weighted by molar-refractivity contribution is 0.174. The summed E-state index contributed by atoms with van der Waals surface area (Å²) in [5, 5.41) is 0. The third-order valence-electron chi connectivity index (χ3n) is 3.60. The Bertz CT molecular complexity index is 796. The van der Waals surface area contributed by atoms with E-state index in [0.29, 0.717) is 6.54 Å². The molecule has 2 heterocycles. The molecule has 0 unspecified atom stereocenters. The van der Waals surface area contributed by atoms with Crippen molar-refractivity contribution in [2.24, 2.45) is 5.73 Å². The number of aromatic nitrogens is 2. The Hall–Kier alpha value is -2.53. The van der Waals surface area contributed by atoms with Crippen molar-refractivity contribution in [2.75, 3.05) is 13.3 Å². The summed E-state index contributed by atoms with van der Waals surface area (Å²) in [6.45, 7) is 0.825. The number of nitrogens with zero attached hydrogens (tertiary/aromatic N) is 2. The number of nitrogens with two attached hydrogens (primary N) is 1. The molecule has 0 aliphatic carbocycles. The molecule has 0 spiro atoms. The fourth-order valence-electron chi connectivity index (χ4n) is 2.68. The third-order valence-corrected chi connectivity index (χ3v) is 3.60. The standard InChI is InChI=1S/C16H15N3O2/c17-7-6-16-18-12-8-14-15(21-10-20-14)9-13(12)19(16)11-4-2-1-3-5-11/h1-5,8-9H,6-7,10,17H2. The van der Waals surface area contributed by atoms with E-state index < -0.39 is 0 Å². The smallest absolute Gasteiger partial charge is 0.231 e. The Morgan fingerprint density at radius 1 is 1.10 bits per heavy atom. The Morgan fingerprint density at radius 3 is 2.62 bits per heavy atom. The molecule has 21 heavy (non-hydrogen) atoms. The predicted octanol–water partition coefficient (Wildman–Crippen LogP) is 2.26. The topological polar surface area (TPSA) is 62.3 Å². The van der Waals surface area contributed by atoms with Crippen LogP contribution in [0.25, 0.3) is 16.7 Å². The van der Waals surface area contributed by atoms with Gasteiger partial charge in [-0.3, -0.25) is 4.57 Å². The van der Waals surface area contributed by atoms with Crippen LogP contribution < -0.4 is 15.2 Å². The van der Waals surface area contributed by atoms with Crippen LogP contribution in [-0.4, -0.2) is 22.9 Å². The average molecular weight is 281 g/mol. The van der Waals surface area contributed by atoms with E-state index in [0.717, 1.165) is 40.5 Å². The number of imidazole rings is 1. The van der Waals surface area contributed by atoms with Gasteiger partial charge < -0.3 is 15.2 Å². The normalized spacial score (nSPS) is 13.0. The van der Waals surface area contributed by atoms with Gasteiger partial charge in [0.2, 0.25) is 6.79 Å². The Kier molecular flexibility index (Phi) is 2.79. The number of ether oxygens (including phenoxy) is 2. The molecule has 5 heteroatoms. The number of para-hydroxylation sites is 1. The van der Waals surface area contributed by atoms with Gasteiger partial charge in [-0.25, -0.2) is 4.98 Å². The van der Waals surface area contributed by atoms with Crippen molar-refractivity contribution in [2.45, 2.75) is 6.42 Å². The minimum atomic E-state index is 0.267. The lowest BCUT2D eigenvalue weighted by Gasteiger charge is -2.08. The van der Waals surface area contributed by atoms with Gasteiger partial charge in [-0.2, -0.15) is 0 Å². The highest BCUT2D eigenvalue weighted by Gasteiger charge is 2.19. The van der Waals surface area contributed by atoms with Gasteiger partial charge in [0.1, 0.15) is 5.82 Å². The molecule has 0 atom stereocenters. The van der Waals surface area contributed by atoms with Gasteiger partial charge in [0.15, 0.2) is 11.5 Å². The molecule has 3 aromatic rings. The van der Waals surface area contributed by atoms with Crippen LogP contribution in [0.1, 0.15) is 5.82 Å². The number of benzene rings is 2. The molecular weight excluding hydrogens is 266 g/mol. The van der Waals surface area contributed by atoms with E-state index in [-0.39, 0.29) is 6.79 Å². The monoisotopic (exact) mass is 281 g/mol. The predicted molar refractivity (Wildman–Crippen MR) is 80.0 cm³/mol. The van der Waals surface area contributed by atoms with Gasteiger partial charge >= 0.3 is 0 Å². The van der Waals surface area contributed by atoms with E-state index in [1.807, 2.05) is 30.3 Å². The number of hydrogen-bond acceptors (Lipinski definition) is 4. The van der Waals surface area contributed by atoms with Crippen molar-refractivity contribution >= 4 is 11.0 Å². The fourth-order valence-corrected chi connectivity index (χ4v) is 2.68. The lowest BCUT2D eigenvalue weighted by atomic mass is 10.2.